The quantitative estimate of drug-likeness (QED) is 0.704. The predicted molar refractivity (Wildman–Crippen MR) is 127 cm³/mol. The number of amides is 1. The maximum Gasteiger partial charge on any atom is 0.227 e. The van der Waals surface area contributed by atoms with E-state index in [9.17, 15) is 9.18 Å². The summed E-state index contributed by atoms with van der Waals surface area (Å²) in [4.78, 5) is 29.2. The number of nitrogens with zero attached hydrogens (tertiary/aromatic N) is 5. The molecule has 7 heteroatoms. The lowest BCUT2D eigenvalue weighted by atomic mass is 9.94. The second kappa shape index (κ2) is 10.2. The molecule has 0 bridgehead atoms. The Hall–Kier alpha value is -2.54. The molecular formula is C26H34FN5O. The van der Waals surface area contributed by atoms with Gasteiger partial charge in [-0.25, -0.2) is 14.4 Å². The Bertz CT molecular complexity index is 938. The molecule has 5 rings (SSSR count). The largest absolute Gasteiger partial charge is 0.342 e. The minimum atomic E-state index is -0.270. The van der Waals surface area contributed by atoms with Crippen LogP contribution in [0.2, 0.25) is 0 Å². The molecule has 0 N–H and O–H groups in total. The first kappa shape index (κ1) is 22.3. The minimum absolute atomic E-state index is 0.0109. The van der Waals surface area contributed by atoms with Gasteiger partial charge in [0.2, 0.25) is 11.9 Å². The van der Waals surface area contributed by atoms with Crippen molar-refractivity contribution in [2.45, 2.75) is 51.0 Å². The molecule has 3 aliphatic rings. The standard InChI is InChI=1S/C26H34FN5O/c27-23-8-4-6-20(16-23)22-17-28-26(29-18-22)32-13-5-7-21(19-32)25(33)31-14-9-24(10-15-31)30-11-2-1-3-12-30/h4,6,8,16-18,21,24H,1-3,5,7,9-15,19H2/t21-/m1/s1. The molecule has 0 radical (unpaired) electrons. The van der Waals surface area contributed by atoms with E-state index in [1.807, 2.05) is 6.07 Å². The molecule has 176 valence electrons. The number of piperidine rings is 3. The molecule has 0 aliphatic carbocycles. The maximum atomic E-state index is 13.5. The zero-order valence-electron chi connectivity index (χ0n) is 19.3. The predicted octanol–water partition coefficient (Wildman–Crippen LogP) is 3.98. The van der Waals surface area contributed by atoms with Crippen LogP contribution in [0.15, 0.2) is 36.7 Å². The molecule has 3 saturated heterocycles. The van der Waals surface area contributed by atoms with Gasteiger partial charge in [0.25, 0.3) is 0 Å². The highest BCUT2D eigenvalue weighted by Crippen LogP contribution is 2.27. The van der Waals surface area contributed by atoms with Gasteiger partial charge in [-0.3, -0.25) is 4.79 Å². The third-order valence-corrected chi connectivity index (χ3v) is 7.53. The summed E-state index contributed by atoms with van der Waals surface area (Å²) in [6.07, 6.45) is 11.6. The van der Waals surface area contributed by atoms with Crippen LogP contribution < -0.4 is 4.90 Å². The van der Waals surface area contributed by atoms with Gasteiger partial charge in [0.15, 0.2) is 0 Å². The number of hydrogen-bond donors (Lipinski definition) is 0. The molecule has 0 unspecified atom stereocenters. The maximum absolute atomic E-state index is 13.5. The summed E-state index contributed by atoms with van der Waals surface area (Å²) in [5.74, 6) is 0.690. The van der Waals surface area contributed by atoms with Gasteiger partial charge in [-0.1, -0.05) is 18.6 Å². The molecule has 2 aromatic rings. The Balaban J connectivity index is 1.17. The van der Waals surface area contributed by atoms with Gasteiger partial charge in [0.05, 0.1) is 5.92 Å². The van der Waals surface area contributed by atoms with E-state index in [-0.39, 0.29) is 11.7 Å². The van der Waals surface area contributed by atoms with Crippen LogP contribution in [0.5, 0.6) is 0 Å². The van der Waals surface area contributed by atoms with Crippen LogP contribution >= 0.6 is 0 Å². The normalized spacial score (nSPS) is 23.0. The number of likely N-dealkylation sites (tertiary alicyclic amines) is 2. The van der Waals surface area contributed by atoms with Crippen molar-refractivity contribution < 1.29 is 9.18 Å². The number of rotatable bonds is 4. The van der Waals surface area contributed by atoms with Crippen LogP contribution in [0.3, 0.4) is 0 Å². The van der Waals surface area contributed by atoms with Gasteiger partial charge in [-0.05, 0) is 69.3 Å². The molecule has 6 nitrogen and oxygen atoms in total. The zero-order chi connectivity index (χ0) is 22.6. The third kappa shape index (κ3) is 5.18. The number of carbonyl (C=O) groups excluding carboxylic acids is 1. The Morgan fingerprint density at radius 3 is 2.36 bits per heavy atom. The number of hydrogen-bond acceptors (Lipinski definition) is 5. The van der Waals surface area contributed by atoms with E-state index in [4.69, 9.17) is 0 Å². The minimum Gasteiger partial charge on any atom is -0.342 e. The van der Waals surface area contributed by atoms with Crippen LogP contribution in [-0.4, -0.2) is 71.0 Å². The lowest BCUT2D eigenvalue weighted by Crippen LogP contribution is -2.51. The van der Waals surface area contributed by atoms with Crippen LogP contribution in [0.1, 0.15) is 44.9 Å². The first-order valence-corrected chi connectivity index (χ1v) is 12.5. The average molecular weight is 452 g/mol. The molecule has 0 saturated carbocycles. The topological polar surface area (TPSA) is 52.6 Å². The molecular weight excluding hydrogens is 417 g/mol. The smallest absolute Gasteiger partial charge is 0.227 e. The van der Waals surface area contributed by atoms with Crippen LogP contribution in [-0.2, 0) is 4.79 Å². The fourth-order valence-corrected chi connectivity index (χ4v) is 5.66. The van der Waals surface area contributed by atoms with Gasteiger partial charge in [0.1, 0.15) is 5.82 Å². The van der Waals surface area contributed by atoms with Crippen molar-refractivity contribution in [3.63, 3.8) is 0 Å². The summed E-state index contributed by atoms with van der Waals surface area (Å²) in [6, 6.07) is 7.12. The van der Waals surface area contributed by atoms with Crippen LogP contribution in [0.25, 0.3) is 11.1 Å². The van der Waals surface area contributed by atoms with Crippen molar-refractivity contribution in [2.24, 2.45) is 5.92 Å². The third-order valence-electron chi connectivity index (χ3n) is 7.53. The first-order valence-electron chi connectivity index (χ1n) is 12.5. The van der Waals surface area contributed by atoms with E-state index in [1.165, 1.54) is 44.5 Å². The molecule has 1 amide bonds. The van der Waals surface area contributed by atoms with Crippen molar-refractivity contribution in [3.05, 3.63) is 42.5 Å². The Labute approximate surface area is 195 Å². The summed E-state index contributed by atoms with van der Waals surface area (Å²) in [5.41, 5.74) is 1.56. The average Bonchev–Trinajstić information content (AvgIpc) is 2.89. The van der Waals surface area contributed by atoms with Crippen molar-refractivity contribution in [3.8, 4) is 11.1 Å². The summed E-state index contributed by atoms with van der Waals surface area (Å²) >= 11 is 0. The molecule has 33 heavy (non-hydrogen) atoms. The van der Waals surface area contributed by atoms with E-state index >= 15 is 0 Å². The fourth-order valence-electron chi connectivity index (χ4n) is 5.66. The molecule has 1 aromatic heterocycles. The summed E-state index contributed by atoms with van der Waals surface area (Å²) < 4.78 is 13.5. The van der Waals surface area contributed by atoms with Crippen molar-refractivity contribution in [2.75, 3.05) is 44.2 Å². The summed E-state index contributed by atoms with van der Waals surface area (Å²) in [7, 11) is 0. The lowest BCUT2D eigenvalue weighted by Gasteiger charge is -2.42. The molecule has 3 aliphatic heterocycles. The van der Waals surface area contributed by atoms with Gasteiger partial charge < -0.3 is 14.7 Å². The van der Waals surface area contributed by atoms with Gasteiger partial charge in [-0.2, -0.15) is 0 Å². The highest BCUT2D eigenvalue weighted by Gasteiger charge is 2.33. The number of carbonyl (C=O) groups is 1. The van der Waals surface area contributed by atoms with E-state index in [1.54, 1.807) is 18.5 Å². The molecule has 3 fully saturated rings. The molecule has 0 spiro atoms. The number of anilines is 1. The van der Waals surface area contributed by atoms with Crippen molar-refractivity contribution in [1.82, 2.24) is 19.8 Å². The van der Waals surface area contributed by atoms with E-state index in [2.05, 4.69) is 24.7 Å². The van der Waals surface area contributed by atoms with Crippen molar-refractivity contribution >= 4 is 11.9 Å². The molecule has 1 aromatic carbocycles. The summed E-state index contributed by atoms with van der Waals surface area (Å²) in [6.45, 7) is 5.76. The van der Waals surface area contributed by atoms with Crippen LogP contribution in [0, 0.1) is 11.7 Å². The highest BCUT2D eigenvalue weighted by molar-refractivity contribution is 5.79. The monoisotopic (exact) mass is 451 g/mol. The van der Waals surface area contributed by atoms with Gasteiger partial charge in [-0.15, -0.1) is 0 Å². The zero-order valence-corrected chi connectivity index (χ0v) is 19.3. The Morgan fingerprint density at radius 1 is 0.879 bits per heavy atom. The Kier molecular flexibility index (Phi) is 6.85. The van der Waals surface area contributed by atoms with Gasteiger partial charge in [0, 0.05) is 50.2 Å². The highest BCUT2D eigenvalue weighted by atomic mass is 19.1. The van der Waals surface area contributed by atoms with E-state index < -0.39 is 0 Å². The van der Waals surface area contributed by atoms with Crippen molar-refractivity contribution in [1.29, 1.82) is 0 Å². The fraction of sp³-hybridized carbons (Fsp3) is 0.577. The first-order chi connectivity index (χ1) is 16.2. The lowest BCUT2D eigenvalue weighted by molar-refractivity contribution is -0.137. The van der Waals surface area contributed by atoms with Gasteiger partial charge >= 0.3 is 0 Å². The van der Waals surface area contributed by atoms with E-state index in [0.29, 0.717) is 24.4 Å². The van der Waals surface area contributed by atoms with Crippen LogP contribution in [0.4, 0.5) is 10.3 Å². The summed E-state index contributed by atoms with van der Waals surface area (Å²) in [5, 5.41) is 0. The SMILES string of the molecule is O=C([C@@H]1CCCN(c2ncc(-c3cccc(F)c3)cn2)C1)N1CCC(N2CCCCC2)CC1. The number of benzene rings is 1. The molecule has 1 atom stereocenters. The second-order valence-electron chi connectivity index (χ2n) is 9.72. The number of halogens is 1. The van der Waals surface area contributed by atoms with E-state index in [0.717, 1.165) is 56.4 Å². The Morgan fingerprint density at radius 2 is 1.64 bits per heavy atom. The molecule has 4 heterocycles. The second-order valence-corrected chi connectivity index (χ2v) is 9.72. The number of aromatic nitrogens is 2.